The fourth-order valence-corrected chi connectivity index (χ4v) is 4.74. The van der Waals surface area contributed by atoms with E-state index in [-0.39, 0.29) is 48.8 Å². The molecule has 9 nitrogen and oxygen atoms in total. The number of thioether (sulfide) groups is 1. The number of piperazine rings is 1. The second-order valence-corrected chi connectivity index (χ2v) is 8.73. The molecule has 2 fully saturated rings. The van der Waals surface area contributed by atoms with Gasteiger partial charge in [-0.25, -0.2) is 4.98 Å². The van der Waals surface area contributed by atoms with Gasteiger partial charge in [0.05, 0.1) is 11.4 Å². The SMILES string of the molecule is Cc1ccccc1-n1ccnc1SCC(=O)N1CCN(C(=O)CN2C(=O)CCC2=O)CC1. The standard InChI is InChI=1S/C22H25N5O4S/c1-16-4-2-3-5-17(16)26-9-8-23-22(26)32-15-21(31)25-12-10-24(11-13-25)20(30)14-27-18(28)6-7-19(27)29/h2-5,8-9H,6-7,10-15H2,1H3. The van der Waals surface area contributed by atoms with Crippen LogP contribution in [0.2, 0.25) is 0 Å². The van der Waals surface area contributed by atoms with Gasteiger partial charge in [-0.1, -0.05) is 30.0 Å². The number of likely N-dealkylation sites (tertiary alicyclic amines) is 1. The van der Waals surface area contributed by atoms with Crippen LogP contribution in [0.25, 0.3) is 5.69 Å². The molecule has 0 unspecified atom stereocenters. The average molecular weight is 456 g/mol. The maximum absolute atomic E-state index is 12.7. The maximum atomic E-state index is 12.7. The van der Waals surface area contributed by atoms with Crippen LogP contribution in [0.1, 0.15) is 18.4 Å². The summed E-state index contributed by atoms with van der Waals surface area (Å²) in [5, 5.41) is 0.751. The zero-order chi connectivity index (χ0) is 22.7. The number of rotatable bonds is 6. The van der Waals surface area contributed by atoms with Crippen molar-refractivity contribution in [2.24, 2.45) is 0 Å². The Balaban J connectivity index is 1.27. The highest BCUT2D eigenvalue weighted by Crippen LogP contribution is 2.23. The van der Waals surface area contributed by atoms with E-state index in [2.05, 4.69) is 4.98 Å². The van der Waals surface area contributed by atoms with Crippen molar-refractivity contribution in [3.05, 3.63) is 42.2 Å². The Kier molecular flexibility index (Phi) is 6.59. The van der Waals surface area contributed by atoms with E-state index in [0.29, 0.717) is 26.2 Å². The minimum Gasteiger partial charge on any atom is -0.338 e. The van der Waals surface area contributed by atoms with Crippen LogP contribution in [0.4, 0.5) is 0 Å². The third-order valence-corrected chi connectivity index (χ3v) is 6.69. The zero-order valence-electron chi connectivity index (χ0n) is 17.9. The molecular formula is C22H25N5O4S. The van der Waals surface area contributed by atoms with E-state index < -0.39 is 0 Å². The minimum atomic E-state index is -0.293. The van der Waals surface area contributed by atoms with Gasteiger partial charge in [-0.3, -0.25) is 28.6 Å². The van der Waals surface area contributed by atoms with Gasteiger partial charge in [-0.15, -0.1) is 0 Å². The molecule has 2 aliphatic rings. The summed E-state index contributed by atoms with van der Waals surface area (Å²) in [6.07, 6.45) is 3.96. The van der Waals surface area contributed by atoms with Crippen molar-refractivity contribution in [3.63, 3.8) is 0 Å². The predicted molar refractivity (Wildman–Crippen MR) is 118 cm³/mol. The summed E-state index contributed by atoms with van der Waals surface area (Å²) in [5.74, 6) is -0.591. The number of nitrogens with zero attached hydrogens (tertiary/aromatic N) is 5. The Labute approximate surface area is 190 Å². The number of aromatic nitrogens is 2. The smallest absolute Gasteiger partial charge is 0.242 e. The first-order valence-corrected chi connectivity index (χ1v) is 11.5. The van der Waals surface area contributed by atoms with Crippen LogP contribution in [0.15, 0.2) is 41.8 Å². The molecule has 1 aromatic heterocycles. The topological polar surface area (TPSA) is 95.8 Å². The van der Waals surface area contributed by atoms with Crippen LogP contribution < -0.4 is 0 Å². The van der Waals surface area contributed by atoms with Gasteiger partial charge in [0, 0.05) is 51.4 Å². The first-order chi connectivity index (χ1) is 15.4. The zero-order valence-corrected chi connectivity index (χ0v) is 18.7. The lowest BCUT2D eigenvalue weighted by atomic mass is 10.2. The summed E-state index contributed by atoms with van der Waals surface area (Å²) < 4.78 is 1.98. The average Bonchev–Trinajstić information content (AvgIpc) is 3.39. The number of aryl methyl sites for hydroxylation is 1. The molecule has 0 saturated carbocycles. The second kappa shape index (κ2) is 9.56. The van der Waals surface area contributed by atoms with E-state index in [0.717, 1.165) is 21.3 Å². The van der Waals surface area contributed by atoms with Gasteiger partial charge in [0.1, 0.15) is 6.54 Å². The van der Waals surface area contributed by atoms with Crippen LogP contribution in [0.5, 0.6) is 0 Å². The van der Waals surface area contributed by atoms with Gasteiger partial charge in [-0.05, 0) is 18.6 Å². The van der Waals surface area contributed by atoms with E-state index >= 15 is 0 Å². The summed E-state index contributed by atoms with van der Waals surface area (Å²) in [6.45, 7) is 3.47. The van der Waals surface area contributed by atoms with Crippen molar-refractivity contribution in [1.82, 2.24) is 24.3 Å². The normalized spacial score (nSPS) is 16.7. The molecule has 2 saturated heterocycles. The van der Waals surface area contributed by atoms with Gasteiger partial charge in [0.2, 0.25) is 23.6 Å². The summed E-state index contributed by atoms with van der Waals surface area (Å²) in [5.41, 5.74) is 2.15. The molecule has 0 atom stereocenters. The number of imidazole rings is 1. The van der Waals surface area contributed by atoms with Crippen LogP contribution in [-0.2, 0) is 19.2 Å². The molecule has 0 radical (unpaired) electrons. The second-order valence-electron chi connectivity index (χ2n) is 7.79. The van der Waals surface area contributed by atoms with Crippen molar-refractivity contribution in [3.8, 4) is 5.69 Å². The molecule has 2 aromatic rings. The molecule has 10 heteroatoms. The predicted octanol–water partition coefficient (Wildman–Crippen LogP) is 1.09. The molecular weight excluding hydrogens is 430 g/mol. The van der Waals surface area contributed by atoms with Crippen LogP contribution >= 0.6 is 11.8 Å². The molecule has 0 bridgehead atoms. The molecule has 168 valence electrons. The van der Waals surface area contributed by atoms with E-state index in [4.69, 9.17) is 0 Å². The Bertz CT molecular complexity index is 1030. The Morgan fingerprint density at radius 1 is 0.969 bits per heavy atom. The number of imide groups is 1. The molecule has 0 aliphatic carbocycles. The fraction of sp³-hybridized carbons (Fsp3) is 0.409. The number of hydrogen-bond donors (Lipinski definition) is 0. The van der Waals surface area contributed by atoms with Gasteiger partial charge < -0.3 is 9.80 Å². The van der Waals surface area contributed by atoms with Crippen LogP contribution in [0.3, 0.4) is 0 Å². The molecule has 4 amide bonds. The number of carbonyl (C=O) groups excluding carboxylic acids is 4. The monoisotopic (exact) mass is 455 g/mol. The Hall–Kier alpha value is -3.14. The highest BCUT2D eigenvalue weighted by molar-refractivity contribution is 7.99. The number of hydrogen-bond acceptors (Lipinski definition) is 6. The minimum absolute atomic E-state index is 0.00803. The number of para-hydroxylation sites is 1. The van der Waals surface area contributed by atoms with Crippen molar-refractivity contribution >= 4 is 35.4 Å². The third-order valence-electron chi connectivity index (χ3n) is 5.74. The van der Waals surface area contributed by atoms with E-state index in [1.54, 1.807) is 16.0 Å². The third kappa shape index (κ3) is 4.69. The van der Waals surface area contributed by atoms with Crippen molar-refractivity contribution in [1.29, 1.82) is 0 Å². The van der Waals surface area contributed by atoms with Crippen LogP contribution in [-0.4, -0.2) is 86.4 Å². The number of carbonyl (C=O) groups is 4. The first kappa shape index (κ1) is 22.1. The van der Waals surface area contributed by atoms with Gasteiger partial charge in [-0.2, -0.15) is 0 Å². The number of amides is 4. The van der Waals surface area contributed by atoms with Crippen LogP contribution in [0, 0.1) is 6.92 Å². The first-order valence-electron chi connectivity index (χ1n) is 10.5. The van der Waals surface area contributed by atoms with Crippen molar-refractivity contribution in [2.45, 2.75) is 24.9 Å². The highest BCUT2D eigenvalue weighted by atomic mass is 32.2. The molecule has 32 heavy (non-hydrogen) atoms. The maximum Gasteiger partial charge on any atom is 0.242 e. The van der Waals surface area contributed by atoms with Gasteiger partial charge in [0.15, 0.2) is 5.16 Å². The largest absolute Gasteiger partial charge is 0.338 e. The van der Waals surface area contributed by atoms with Gasteiger partial charge in [0.25, 0.3) is 0 Å². The summed E-state index contributed by atoms with van der Waals surface area (Å²) in [6, 6.07) is 8.00. The lowest BCUT2D eigenvalue weighted by Crippen LogP contribution is -2.53. The van der Waals surface area contributed by atoms with Gasteiger partial charge >= 0.3 is 0 Å². The summed E-state index contributed by atoms with van der Waals surface area (Å²) in [4.78, 5) is 57.4. The Morgan fingerprint density at radius 3 is 2.25 bits per heavy atom. The van der Waals surface area contributed by atoms with Crippen molar-refractivity contribution in [2.75, 3.05) is 38.5 Å². The summed E-state index contributed by atoms with van der Waals surface area (Å²) in [7, 11) is 0. The molecule has 3 heterocycles. The molecule has 0 N–H and O–H groups in total. The molecule has 0 spiro atoms. The highest BCUT2D eigenvalue weighted by Gasteiger charge is 2.33. The number of benzene rings is 1. The molecule has 4 rings (SSSR count). The van der Waals surface area contributed by atoms with E-state index in [1.165, 1.54) is 11.8 Å². The lowest BCUT2D eigenvalue weighted by molar-refractivity contribution is -0.146. The quantitative estimate of drug-likeness (QED) is 0.478. The van der Waals surface area contributed by atoms with E-state index in [9.17, 15) is 19.2 Å². The lowest BCUT2D eigenvalue weighted by Gasteiger charge is -2.35. The Morgan fingerprint density at radius 2 is 1.59 bits per heavy atom. The van der Waals surface area contributed by atoms with E-state index in [1.807, 2.05) is 42.0 Å². The molecule has 1 aromatic carbocycles. The van der Waals surface area contributed by atoms with Crippen molar-refractivity contribution < 1.29 is 19.2 Å². The summed E-state index contributed by atoms with van der Waals surface area (Å²) >= 11 is 1.39. The fourth-order valence-electron chi connectivity index (χ4n) is 3.87. The molecule has 2 aliphatic heterocycles.